The fourth-order valence-electron chi connectivity index (χ4n) is 4.43. The van der Waals surface area contributed by atoms with Gasteiger partial charge in [0.25, 0.3) is 0 Å². The molecule has 200 valence electrons. The van der Waals surface area contributed by atoms with Gasteiger partial charge in [0.1, 0.15) is 11.8 Å². The van der Waals surface area contributed by atoms with Crippen molar-refractivity contribution in [3.8, 4) is 6.07 Å². The molecule has 8 nitrogen and oxygen atoms in total. The number of nitriles is 1. The predicted octanol–water partition coefficient (Wildman–Crippen LogP) is 6.99. The van der Waals surface area contributed by atoms with Crippen LogP contribution >= 0.6 is 11.6 Å². The molecule has 40 heavy (non-hydrogen) atoms. The molecule has 0 aliphatic heterocycles. The zero-order chi connectivity index (χ0) is 32.9. The molecule has 2 aromatic carbocycles. The zero-order valence-electron chi connectivity index (χ0n) is 26.9. The Hall–Kier alpha value is -4.55. The van der Waals surface area contributed by atoms with Gasteiger partial charge >= 0.3 is 0 Å². The Morgan fingerprint density at radius 1 is 1.18 bits per heavy atom. The molecule has 0 spiro atoms. The van der Waals surface area contributed by atoms with Crippen LogP contribution in [0.25, 0.3) is 10.9 Å². The van der Waals surface area contributed by atoms with Crippen LogP contribution in [-0.4, -0.2) is 25.0 Å². The third kappa shape index (κ3) is 5.18. The maximum absolute atomic E-state index is 13.8. The predicted molar refractivity (Wildman–Crippen MR) is 153 cm³/mol. The van der Waals surface area contributed by atoms with Crippen LogP contribution in [0.5, 0.6) is 0 Å². The minimum atomic E-state index is -3.04. The van der Waals surface area contributed by atoms with Crippen molar-refractivity contribution in [2.24, 2.45) is 0 Å². The summed E-state index contributed by atoms with van der Waals surface area (Å²) in [5.41, 5.74) is 1.42. The van der Waals surface area contributed by atoms with E-state index in [9.17, 15) is 11.0 Å². The molecule has 0 saturated heterocycles. The van der Waals surface area contributed by atoms with E-state index in [0.717, 1.165) is 18.9 Å². The molecule has 1 fully saturated rings. The number of halogens is 2. The van der Waals surface area contributed by atoms with E-state index >= 15 is 0 Å². The van der Waals surface area contributed by atoms with Gasteiger partial charge in [0.2, 0.25) is 5.95 Å². The number of nitrogens with zero attached hydrogens (tertiary/aromatic N) is 6. The van der Waals surface area contributed by atoms with Crippen LogP contribution in [0.3, 0.4) is 0 Å². The first kappa shape index (κ1) is 19.5. The zero-order valence-corrected chi connectivity index (χ0v) is 21.7. The summed E-state index contributed by atoms with van der Waals surface area (Å²) in [7, 11) is 0. The average Bonchev–Trinajstić information content (AvgIpc) is 3.75. The molecule has 3 heterocycles. The van der Waals surface area contributed by atoms with Gasteiger partial charge in [0.05, 0.1) is 47.5 Å². The molecular weight excluding hydrogens is 527 g/mol. The molecule has 3 aromatic heterocycles. The van der Waals surface area contributed by atoms with Gasteiger partial charge in [-0.1, -0.05) is 60.1 Å². The third-order valence-electron chi connectivity index (χ3n) is 6.58. The lowest BCUT2D eigenvalue weighted by Crippen LogP contribution is -2.14. The number of hydrogen-bond acceptors (Lipinski definition) is 7. The second-order valence-electron chi connectivity index (χ2n) is 9.33. The molecule has 6 rings (SSSR count). The van der Waals surface area contributed by atoms with Gasteiger partial charge in [0.15, 0.2) is 0 Å². The highest BCUT2D eigenvalue weighted by molar-refractivity contribution is 6.35. The van der Waals surface area contributed by atoms with E-state index in [-0.39, 0.29) is 50.2 Å². The Balaban J connectivity index is 1.50. The third-order valence-corrected chi connectivity index (χ3v) is 6.87. The maximum atomic E-state index is 13.8. The number of benzene rings is 2. The Morgan fingerprint density at radius 2 is 2.02 bits per heavy atom. The first-order valence-electron chi connectivity index (χ1n) is 15.5. The van der Waals surface area contributed by atoms with Crippen LogP contribution in [0.4, 0.5) is 15.8 Å². The summed E-state index contributed by atoms with van der Waals surface area (Å²) in [6.45, 7) is -3.04. The van der Waals surface area contributed by atoms with Gasteiger partial charge in [0, 0.05) is 30.3 Å². The van der Waals surface area contributed by atoms with Crippen molar-refractivity contribution in [1.29, 1.82) is 5.26 Å². The molecule has 1 aliphatic rings. The van der Waals surface area contributed by atoms with E-state index in [4.69, 9.17) is 18.5 Å². The summed E-state index contributed by atoms with van der Waals surface area (Å²) in [6.07, 6.45) is 3.23. The normalized spacial score (nSPS) is 18.1. The highest BCUT2D eigenvalue weighted by atomic mass is 35.5. The number of hydrogen-bond donors (Lipinski definition) is 2. The lowest BCUT2D eigenvalue weighted by Gasteiger charge is -2.22. The molecule has 2 N–H and O–H groups in total. The number of nitrogens with one attached hydrogen (secondary N) is 2. The lowest BCUT2D eigenvalue weighted by atomic mass is 10.0. The minimum absolute atomic E-state index is 0.00948. The number of aromatic nitrogens is 5. The highest BCUT2D eigenvalue weighted by Crippen LogP contribution is 2.38. The van der Waals surface area contributed by atoms with Crippen molar-refractivity contribution in [1.82, 2.24) is 25.0 Å². The second kappa shape index (κ2) is 10.9. The van der Waals surface area contributed by atoms with Crippen molar-refractivity contribution < 1.29 is 12.6 Å². The molecule has 0 bridgehead atoms. The van der Waals surface area contributed by atoms with Crippen molar-refractivity contribution in [2.45, 2.75) is 44.2 Å². The number of fused-ring (bicyclic) bond motifs is 1. The van der Waals surface area contributed by atoms with E-state index in [1.54, 1.807) is 47.3 Å². The van der Waals surface area contributed by atoms with E-state index < -0.39 is 31.2 Å². The second-order valence-corrected chi connectivity index (χ2v) is 9.74. The van der Waals surface area contributed by atoms with E-state index in [0.29, 0.717) is 5.56 Å². The molecule has 2 atom stereocenters. The van der Waals surface area contributed by atoms with Crippen LogP contribution in [-0.2, 0) is 0 Å². The summed E-state index contributed by atoms with van der Waals surface area (Å²) in [5.74, 6) is -0.725. The number of pyridine rings is 2. The van der Waals surface area contributed by atoms with Crippen molar-refractivity contribution in [2.75, 3.05) is 10.6 Å². The van der Waals surface area contributed by atoms with Gasteiger partial charge in [-0.25, -0.2) is 9.67 Å². The molecule has 0 amide bonds. The summed E-state index contributed by atoms with van der Waals surface area (Å²) < 4.78 is 66.2. The molecule has 1 saturated carbocycles. The van der Waals surface area contributed by atoms with E-state index in [1.165, 1.54) is 24.5 Å². The van der Waals surface area contributed by atoms with Gasteiger partial charge in [-0.15, -0.1) is 5.10 Å². The molecule has 0 unspecified atom stereocenters. The largest absolute Gasteiger partial charge is 0.377 e. The summed E-state index contributed by atoms with van der Waals surface area (Å²) in [5, 5.41) is 25.0. The van der Waals surface area contributed by atoms with Crippen molar-refractivity contribution in [3.63, 3.8) is 0 Å². The fraction of sp³-hybridized carbons (Fsp3) is 0.233. The minimum Gasteiger partial charge on any atom is -0.377 e. The van der Waals surface area contributed by atoms with Crippen LogP contribution < -0.4 is 10.6 Å². The number of anilines is 2. The Bertz CT molecular complexity index is 1940. The Kier molecular flexibility index (Phi) is 5.32. The first-order valence-corrected chi connectivity index (χ1v) is 12.9. The summed E-state index contributed by atoms with van der Waals surface area (Å²) >= 11 is 6.71. The van der Waals surface area contributed by atoms with E-state index in [1.807, 2.05) is 6.07 Å². The van der Waals surface area contributed by atoms with Crippen LogP contribution in [0.2, 0.25) is 5.02 Å². The first-order chi connectivity index (χ1) is 21.8. The lowest BCUT2D eigenvalue weighted by molar-refractivity contribution is 0.581. The SMILES string of the molecule is [2H]C([2H])([2H])C([2H])([2H])[C@H](Nc1c(C#N)cnc2c(Cl)cc(N[C@]([2H])(c3ccc(F)nc3)c3cn(C4CC4)nn3)cc12)c1ccccc1. The van der Waals surface area contributed by atoms with Crippen LogP contribution in [0.1, 0.15) is 74.8 Å². The van der Waals surface area contributed by atoms with Gasteiger partial charge in [-0.3, -0.25) is 4.98 Å². The molecule has 0 radical (unpaired) electrons. The summed E-state index contributed by atoms with van der Waals surface area (Å²) in [4.78, 5) is 8.08. The van der Waals surface area contributed by atoms with Gasteiger partial charge < -0.3 is 10.6 Å². The Labute approximate surface area is 244 Å². The Morgan fingerprint density at radius 3 is 2.75 bits per heavy atom. The maximum Gasteiger partial charge on any atom is 0.212 e. The summed E-state index contributed by atoms with van der Waals surface area (Å²) in [6, 6.07) is 12.8. The van der Waals surface area contributed by atoms with Crippen molar-refractivity contribution in [3.05, 3.63) is 107 Å². The van der Waals surface area contributed by atoms with Crippen molar-refractivity contribution >= 4 is 33.9 Å². The highest BCUT2D eigenvalue weighted by Gasteiger charge is 2.27. The van der Waals surface area contributed by atoms with Crippen LogP contribution in [0.15, 0.2) is 73.2 Å². The topological polar surface area (TPSA) is 104 Å². The molecule has 10 heteroatoms. The molecule has 5 aromatic rings. The smallest absolute Gasteiger partial charge is 0.212 e. The monoisotopic (exact) mass is 558 g/mol. The van der Waals surface area contributed by atoms with Gasteiger partial charge in [-0.05, 0) is 48.5 Å². The van der Waals surface area contributed by atoms with Gasteiger partial charge in [-0.2, -0.15) is 9.65 Å². The fourth-order valence-corrected chi connectivity index (χ4v) is 4.69. The number of rotatable bonds is 9. The van der Waals surface area contributed by atoms with Crippen LogP contribution in [0, 0.1) is 17.3 Å². The molecule has 1 aliphatic carbocycles. The average molecular weight is 559 g/mol. The van der Waals surface area contributed by atoms with E-state index in [2.05, 4.69) is 30.9 Å². The standard InChI is InChI=1S/C30H26ClFN8/c1-2-25(18-6-4-3-5-7-18)37-28-20(14-33)16-35-30-23(28)12-21(13-24(30)31)36-29(19-8-11-27(32)34-15-19)26-17-40(39-38-26)22-9-10-22/h3-8,11-13,15-17,22,25,29,36H,2,9-10H2,1H3,(H,35,37)/t25-,29+/m0/s1/i1D3,2D2,29D. The molecular formula is C30H26ClFN8. The quantitative estimate of drug-likeness (QED) is 0.188.